The van der Waals surface area contributed by atoms with Crippen LogP contribution in [0.15, 0.2) is 47.5 Å². The highest BCUT2D eigenvalue weighted by atomic mass is 32.2. The number of carbonyl (C=O) groups is 1. The molecule has 160 valence electrons. The van der Waals surface area contributed by atoms with Gasteiger partial charge in [0.2, 0.25) is 5.91 Å². The molecular formula is C25H27N3O2S. The number of thioether (sulfide) groups is 1. The Morgan fingerprint density at radius 1 is 1.13 bits per heavy atom. The van der Waals surface area contributed by atoms with E-state index in [0.717, 1.165) is 47.0 Å². The molecule has 1 N–H and O–H groups in total. The molecule has 1 aromatic heterocycles. The van der Waals surface area contributed by atoms with E-state index in [1.54, 1.807) is 0 Å². The number of benzene rings is 2. The summed E-state index contributed by atoms with van der Waals surface area (Å²) >= 11 is 1.51. The lowest BCUT2D eigenvalue weighted by Crippen LogP contribution is -2.36. The molecule has 1 saturated heterocycles. The number of para-hydroxylation sites is 2. The molecule has 2 aliphatic rings. The smallest absolute Gasteiger partial charge is 0.234 e. The minimum absolute atomic E-state index is 0.0130. The monoisotopic (exact) mass is 433 g/mol. The molecule has 1 aliphatic carbocycles. The molecule has 0 bridgehead atoms. The molecular weight excluding hydrogens is 406 g/mol. The molecule has 3 aromatic rings. The summed E-state index contributed by atoms with van der Waals surface area (Å²) in [4.78, 5) is 19.9. The first-order valence-electron chi connectivity index (χ1n) is 10.9. The van der Waals surface area contributed by atoms with Gasteiger partial charge >= 0.3 is 0 Å². The predicted octanol–water partition coefficient (Wildman–Crippen LogP) is 4.60. The fourth-order valence-electron chi connectivity index (χ4n) is 4.46. The first-order valence-corrected chi connectivity index (χ1v) is 11.9. The van der Waals surface area contributed by atoms with E-state index in [2.05, 4.69) is 41.4 Å². The fourth-order valence-corrected chi connectivity index (χ4v) is 5.25. The van der Waals surface area contributed by atoms with E-state index in [-0.39, 0.29) is 5.91 Å². The number of nitrogens with one attached hydrogen (secondary N) is 1. The van der Waals surface area contributed by atoms with E-state index in [4.69, 9.17) is 9.72 Å². The molecule has 2 aromatic carbocycles. The molecule has 0 saturated carbocycles. The number of morpholine rings is 1. The van der Waals surface area contributed by atoms with Gasteiger partial charge in [0.15, 0.2) is 0 Å². The summed E-state index contributed by atoms with van der Waals surface area (Å²) < 4.78 is 5.46. The van der Waals surface area contributed by atoms with E-state index in [0.29, 0.717) is 19.0 Å². The van der Waals surface area contributed by atoms with Crippen molar-refractivity contribution in [2.24, 2.45) is 0 Å². The summed E-state index contributed by atoms with van der Waals surface area (Å²) in [5, 5.41) is 5.23. The van der Waals surface area contributed by atoms with Gasteiger partial charge in [-0.2, -0.15) is 0 Å². The van der Waals surface area contributed by atoms with Crippen LogP contribution in [0, 0.1) is 6.92 Å². The lowest BCUT2D eigenvalue weighted by atomic mass is 10.1. The van der Waals surface area contributed by atoms with Crippen LogP contribution in [0.3, 0.4) is 0 Å². The van der Waals surface area contributed by atoms with Gasteiger partial charge in [-0.15, -0.1) is 0 Å². The van der Waals surface area contributed by atoms with Crippen LogP contribution < -0.4 is 10.2 Å². The van der Waals surface area contributed by atoms with Gasteiger partial charge < -0.3 is 15.0 Å². The zero-order chi connectivity index (χ0) is 21.2. The number of hydrogen-bond donors (Lipinski definition) is 1. The van der Waals surface area contributed by atoms with Crippen LogP contribution in [0.4, 0.5) is 11.4 Å². The second-order valence-corrected chi connectivity index (χ2v) is 9.20. The number of fused-ring (bicyclic) bond motifs is 2. The fraction of sp³-hybridized carbons (Fsp3) is 0.360. The summed E-state index contributed by atoms with van der Waals surface area (Å²) in [6.45, 7) is 5.19. The average molecular weight is 434 g/mol. The maximum atomic E-state index is 12.7. The lowest BCUT2D eigenvalue weighted by Gasteiger charge is -2.30. The summed E-state index contributed by atoms with van der Waals surface area (Å²) in [7, 11) is 0. The quantitative estimate of drug-likeness (QED) is 0.596. The van der Waals surface area contributed by atoms with Crippen molar-refractivity contribution < 1.29 is 9.53 Å². The van der Waals surface area contributed by atoms with Crippen LogP contribution in [0.25, 0.3) is 10.9 Å². The van der Waals surface area contributed by atoms with Gasteiger partial charge in [-0.05, 0) is 73.2 Å². The molecule has 5 nitrogen and oxygen atoms in total. The van der Waals surface area contributed by atoms with Gasteiger partial charge in [0, 0.05) is 18.5 Å². The third-order valence-electron chi connectivity index (χ3n) is 6.04. The van der Waals surface area contributed by atoms with Crippen molar-refractivity contribution in [3.63, 3.8) is 0 Å². The van der Waals surface area contributed by atoms with Crippen LogP contribution in [-0.2, 0) is 22.4 Å². The van der Waals surface area contributed by atoms with Crippen LogP contribution >= 0.6 is 11.8 Å². The Balaban J connectivity index is 1.28. The molecule has 0 spiro atoms. The van der Waals surface area contributed by atoms with Gasteiger partial charge in [0.1, 0.15) is 5.03 Å². The summed E-state index contributed by atoms with van der Waals surface area (Å²) in [5.41, 5.74) is 6.96. The molecule has 5 rings (SSSR count). The summed E-state index contributed by atoms with van der Waals surface area (Å²) in [6, 6.07) is 14.7. The number of rotatable bonds is 5. The third kappa shape index (κ3) is 4.41. The highest BCUT2D eigenvalue weighted by Gasteiger charge is 2.17. The third-order valence-corrected chi connectivity index (χ3v) is 7.14. The Labute approximate surface area is 187 Å². The number of aryl methyl sites for hydroxylation is 3. The number of carbonyl (C=O) groups excluding carboxylic acids is 1. The zero-order valence-electron chi connectivity index (χ0n) is 17.8. The molecule has 31 heavy (non-hydrogen) atoms. The van der Waals surface area contributed by atoms with Crippen LogP contribution in [0.2, 0.25) is 0 Å². The zero-order valence-corrected chi connectivity index (χ0v) is 18.6. The van der Waals surface area contributed by atoms with E-state index in [1.807, 2.05) is 18.2 Å². The van der Waals surface area contributed by atoms with Gasteiger partial charge in [0.05, 0.1) is 35.9 Å². The van der Waals surface area contributed by atoms with Crippen molar-refractivity contribution in [3.8, 4) is 0 Å². The molecule has 1 aliphatic heterocycles. The van der Waals surface area contributed by atoms with Gasteiger partial charge in [0.25, 0.3) is 0 Å². The first-order chi connectivity index (χ1) is 15.2. The second-order valence-electron chi connectivity index (χ2n) is 8.23. The number of nitrogens with zero attached hydrogens (tertiary/aromatic N) is 2. The maximum Gasteiger partial charge on any atom is 0.234 e. The number of aromatic nitrogens is 1. The molecule has 2 heterocycles. The lowest BCUT2D eigenvalue weighted by molar-refractivity contribution is -0.113. The molecule has 0 unspecified atom stereocenters. The minimum atomic E-state index is -0.0130. The van der Waals surface area contributed by atoms with Gasteiger partial charge in [-0.3, -0.25) is 4.79 Å². The molecule has 1 amide bonds. The molecule has 0 atom stereocenters. The Kier molecular flexibility index (Phi) is 5.83. The molecule has 6 heteroatoms. The Bertz CT molecular complexity index is 1130. The summed E-state index contributed by atoms with van der Waals surface area (Å²) in [6.07, 6.45) is 3.56. The van der Waals surface area contributed by atoms with Crippen molar-refractivity contribution in [2.75, 3.05) is 42.3 Å². The van der Waals surface area contributed by atoms with Crippen molar-refractivity contribution in [1.29, 1.82) is 0 Å². The Morgan fingerprint density at radius 3 is 2.74 bits per heavy atom. The Hall–Kier alpha value is -2.57. The van der Waals surface area contributed by atoms with E-state index in [9.17, 15) is 4.79 Å². The van der Waals surface area contributed by atoms with Gasteiger partial charge in [-0.25, -0.2) is 4.98 Å². The normalized spacial score (nSPS) is 15.8. The molecule has 1 fully saturated rings. The van der Waals surface area contributed by atoms with Crippen molar-refractivity contribution in [1.82, 2.24) is 4.98 Å². The van der Waals surface area contributed by atoms with Crippen LogP contribution in [0.1, 0.15) is 23.1 Å². The standard InChI is InChI=1S/C25H27N3O2S/c1-17-13-20-14-18-5-4-6-19(18)15-22(20)27-25(17)31-16-24(29)26-21-7-2-3-8-23(21)28-9-11-30-12-10-28/h2-3,7-8,13-15H,4-6,9-12,16H2,1H3,(H,26,29). The number of amides is 1. The highest BCUT2D eigenvalue weighted by molar-refractivity contribution is 8.00. The van der Waals surface area contributed by atoms with Gasteiger partial charge in [-0.1, -0.05) is 23.9 Å². The summed E-state index contributed by atoms with van der Waals surface area (Å²) in [5.74, 6) is 0.322. The van der Waals surface area contributed by atoms with Crippen molar-refractivity contribution in [3.05, 3.63) is 59.2 Å². The van der Waals surface area contributed by atoms with Crippen LogP contribution in [-0.4, -0.2) is 42.9 Å². The number of pyridine rings is 1. The first kappa shape index (κ1) is 20.3. The van der Waals surface area contributed by atoms with E-state index >= 15 is 0 Å². The SMILES string of the molecule is Cc1cc2cc3c(cc2nc1SCC(=O)Nc1ccccc1N1CCOCC1)CCC3. The second kappa shape index (κ2) is 8.89. The maximum absolute atomic E-state index is 12.7. The topological polar surface area (TPSA) is 54.5 Å². The average Bonchev–Trinajstić information content (AvgIpc) is 3.24. The van der Waals surface area contributed by atoms with E-state index in [1.165, 1.54) is 41.1 Å². The van der Waals surface area contributed by atoms with Crippen molar-refractivity contribution >= 4 is 39.9 Å². The number of ether oxygens (including phenoxy) is 1. The molecule has 0 radical (unpaired) electrons. The largest absolute Gasteiger partial charge is 0.378 e. The van der Waals surface area contributed by atoms with Crippen molar-refractivity contribution in [2.45, 2.75) is 31.2 Å². The Morgan fingerprint density at radius 2 is 1.90 bits per heavy atom. The predicted molar refractivity (Wildman–Crippen MR) is 127 cm³/mol. The number of hydrogen-bond acceptors (Lipinski definition) is 5. The number of anilines is 2. The highest BCUT2D eigenvalue weighted by Crippen LogP contribution is 2.31. The minimum Gasteiger partial charge on any atom is -0.378 e. The van der Waals surface area contributed by atoms with Crippen LogP contribution in [0.5, 0.6) is 0 Å². The van der Waals surface area contributed by atoms with E-state index < -0.39 is 0 Å².